The number of anilines is 1. The van der Waals surface area contributed by atoms with Crippen molar-refractivity contribution >= 4 is 28.5 Å². The van der Waals surface area contributed by atoms with Gasteiger partial charge >= 0.3 is 0 Å². The summed E-state index contributed by atoms with van der Waals surface area (Å²) in [6.45, 7) is 5.09. The van der Waals surface area contributed by atoms with E-state index in [4.69, 9.17) is 4.98 Å². The van der Waals surface area contributed by atoms with Crippen molar-refractivity contribution in [1.82, 2.24) is 14.9 Å². The molecule has 6 heteroatoms. The Morgan fingerprint density at radius 1 is 0.914 bits per heavy atom. The molecule has 6 nitrogen and oxygen atoms in total. The van der Waals surface area contributed by atoms with Gasteiger partial charge in [0.2, 0.25) is 5.91 Å². The van der Waals surface area contributed by atoms with Crippen LogP contribution in [0.25, 0.3) is 22.2 Å². The average molecular weight is 465 g/mol. The van der Waals surface area contributed by atoms with E-state index in [1.165, 1.54) is 5.56 Å². The summed E-state index contributed by atoms with van der Waals surface area (Å²) in [4.78, 5) is 37.3. The third-order valence-electron chi connectivity index (χ3n) is 6.61. The fourth-order valence-electron chi connectivity index (χ4n) is 4.57. The molecular formula is C29H28N4O2. The van der Waals surface area contributed by atoms with Gasteiger partial charge in [-0.2, -0.15) is 0 Å². The fourth-order valence-corrected chi connectivity index (χ4v) is 4.57. The summed E-state index contributed by atoms with van der Waals surface area (Å²) in [7, 11) is 0. The summed E-state index contributed by atoms with van der Waals surface area (Å²) < 4.78 is 0. The zero-order chi connectivity index (χ0) is 24.4. The highest BCUT2D eigenvalue weighted by Crippen LogP contribution is 2.28. The number of likely N-dealkylation sites (tertiary alicyclic amines) is 1. The number of carbonyl (C=O) groups excluding carboxylic acids is 2. The molecular weight excluding hydrogens is 436 g/mol. The van der Waals surface area contributed by atoms with Gasteiger partial charge in [-0.3, -0.25) is 9.59 Å². The lowest BCUT2D eigenvalue weighted by Crippen LogP contribution is -2.41. The van der Waals surface area contributed by atoms with Gasteiger partial charge in [0.15, 0.2) is 0 Å². The first-order valence-corrected chi connectivity index (χ1v) is 12.0. The molecule has 2 amide bonds. The van der Waals surface area contributed by atoms with Gasteiger partial charge in [-0.15, -0.1) is 0 Å². The molecule has 0 radical (unpaired) electrons. The van der Waals surface area contributed by atoms with Crippen LogP contribution in [0, 0.1) is 19.8 Å². The highest BCUT2D eigenvalue weighted by Gasteiger charge is 2.29. The maximum Gasteiger partial charge on any atom is 0.254 e. The van der Waals surface area contributed by atoms with Crippen molar-refractivity contribution in [3.63, 3.8) is 0 Å². The molecule has 35 heavy (non-hydrogen) atoms. The molecule has 0 spiro atoms. The number of aryl methyl sites for hydroxylation is 2. The Kier molecular flexibility index (Phi) is 6.27. The molecule has 1 N–H and O–H groups in total. The van der Waals surface area contributed by atoms with Gasteiger partial charge in [0.05, 0.1) is 16.8 Å². The van der Waals surface area contributed by atoms with E-state index in [-0.39, 0.29) is 17.7 Å². The number of amides is 2. The van der Waals surface area contributed by atoms with Crippen molar-refractivity contribution in [3.8, 4) is 11.3 Å². The first-order valence-electron chi connectivity index (χ1n) is 12.0. The topological polar surface area (TPSA) is 75.2 Å². The molecule has 1 fully saturated rings. The van der Waals surface area contributed by atoms with E-state index < -0.39 is 0 Å². The number of nitrogens with zero attached hydrogens (tertiary/aromatic N) is 3. The Hall–Kier alpha value is -4.06. The highest BCUT2D eigenvalue weighted by atomic mass is 16.2. The van der Waals surface area contributed by atoms with Crippen LogP contribution >= 0.6 is 0 Å². The van der Waals surface area contributed by atoms with E-state index in [2.05, 4.69) is 22.4 Å². The summed E-state index contributed by atoms with van der Waals surface area (Å²) in [5.41, 5.74) is 5.44. The molecule has 0 bridgehead atoms. The van der Waals surface area contributed by atoms with Crippen LogP contribution in [0.3, 0.4) is 0 Å². The Bertz CT molecular complexity index is 1390. The van der Waals surface area contributed by atoms with Gasteiger partial charge in [0.1, 0.15) is 5.82 Å². The van der Waals surface area contributed by atoms with Crippen molar-refractivity contribution in [3.05, 3.63) is 89.6 Å². The van der Waals surface area contributed by atoms with Gasteiger partial charge < -0.3 is 10.2 Å². The summed E-state index contributed by atoms with van der Waals surface area (Å²) in [5, 5.41) is 3.77. The highest BCUT2D eigenvalue weighted by molar-refractivity contribution is 6.07. The molecule has 1 aliphatic rings. The molecule has 3 heterocycles. The van der Waals surface area contributed by atoms with Crippen LogP contribution in [0.4, 0.5) is 5.82 Å². The van der Waals surface area contributed by atoms with Crippen LogP contribution in [-0.4, -0.2) is 39.8 Å². The molecule has 4 aromatic rings. The monoisotopic (exact) mass is 464 g/mol. The number of pyridine rings is 2. The molecule has 0 atom stereocenters. The van der Waals surface area contributed by atoms with Crippen molar-refractivity contribution < 1.29 is 9.59 Å². The van der Waals surface area contributed by atoms with Crippen LogP contribution in [0.5, 0.6) is 0 Å². The van der Waals surface area contributed by atoms with Crippen LogP contribution < -0.4 is 5.32 Å². The number of para-hydroxylation sites is 1. The molecule has 2 aromatic carbocycles. The Morgan fingerprint density at radius 3 is 2.40 bits per heavy atom. The van der Waals surface area contributed by atoms with Crippen molar-refractivity contribution in [2.24, 2.45) is 5.92 Å². The fraction of sp³-hybridized carbons (Fsp3) is 0.241. The van der Waals surface area contributed by atoms with Gasteiger partial charge in [0, 0.05) is 36.2 Å². The van der Waals surface area contributed by atoms with E-state index in [0.29, 0.717) is 37.3 Å². The van der Waals surface area contributed by atoms with Crippen molar-refractivity contribution in [2.45, 2.75) is 26.7 Å². The van der Waals surface area contributed by atoms with Gasteiger partial charge in [-0.1, -0.05) is 48.0 Å². The Morgan fingerprint density at radius 2 is 1.66 bits per heavy atom. The lowest BCUT2D eigenvalue weighted by atomic mass is 9.94. The summed E-state index contributed by atoms with van der Waals surface area (Å²) in [5.74, 6) is 0.376. The van der Waals surface area contributed by atoms with Gasteiger partial charge in [-0.25, -0.2) is 9.97 Å². The minimum absolute atomic E-state index is 0.0174. The molecule has 1 saturated heterocycles. The second-order valence-electron chi connectivity index (χ2n) is 9.21. The molecule has 0 unspecified atom stereocenters. The largest absolute Gasteiger partial charge is 0.339 e. The lowest BCUT2D eigenvalue weighted by Gasteiger charge is -2.31. The summed E-state index contributed by atoms with van der Waals surface area (Å²) >= 11 is 0. The zero-order valence-electron chi connectivity index (χ0n) is 20.0. The first-order chi connectivity index (χ1) is 17.0. The van der Waals surface area contributed by atoms with Gasteiger partial charge in [-0.05, 0) is 56.5 Å². The quantitative estimate of drug-likeness (QED) is 0.439. The van der Waals surface area contributed by atoms with Crippen LogP contribution in [0.2, 0.25) is 0 Å². The second kappa shape index (κ2) is 9.66. The summed E-state index contributed by atoms with van der Waals surface area (Å²) in [6.07, 6.45) is 2.94. The third kappa shape index (κ3) is 4.92. The average Bonchev–Trinajstić information content (AvgIpc) is 2.88. The summed E-state index contributed by atoms with van der Waals surface area (Å²) in [6, 6.07) is 21.6. The number of benzene rings is 2. The molecule has 2 aromatic heterocycles. The Labute approximate surface area is 205 Å². The maximum absolute atomic E-state index is 13.6. The Balaban J connectivity index is 1.34. The number of aromatic nitrogens is 2. The van der Waals surface area contributed by atoms with E-state index in [1.54, 1.807) is 6.20 Å². The minimum atomic E-state index is -0.140. The number of fused-ring (bicyclic) bond motifs is 1. The van der Waals surface area contributed by atoms with Crippen LogP contribution in [0.15, 0.2) is 72.9 Å². The number of nitrogens with one attached hydrogen (secondary N) is 1. The molecule has 0 aliphatic carbocycles. The van der Waals surface area contributed by atoms with Gasteiger partial charge in [0.25, 0.3) is 5.91 Å². The molecule has 0 saturated carbocycles. The minimum Gasteiger partial charge on any atom is -0.339 e. The predicted molar refractivity (Wildman–Crippen MR) is 138 cm³/mol. The normalized spacial score (nSPS) is 14.2. The SMILES string of the molecule is Cc1ccc(-c2cc(C(=O)N3CCC(C(=O)Nc4cc(C)ccn4)CC3)c3ccccc3n2)cc1. The third-order valence-corrected chi connectivity index (χ3v) is 6.61. The van der Waals surface area contributed by atoms with E-state index in [0.717, 1.165) is 27.7 Å². The molecule has 176 valence electrons. The first kappa shape index (κ1) is 22.7. The van der Waals surface area contributed by atoms with Crippen LogP contribution in [-0.2, 0) is 4.79 Å². The standard InChI is InChI=1S/C29H28N4O2/c1-19-7-9-21(10-8-19)26-18-24(23-5-3-4-6-25(23)31-26)29(35)33-15-12-22(13-16-33)28(34)32-27-17-20(2)11-14-30-27/h3-11,14,17-18,22H,12-13,15-16H2,1-2H3,(H,30,32,34). The number of piperidine rings is 1. The molecule has 1 aliphatic heterocycles. The smallest absolute Gasteiger partial charge is 0.254 e. The van der Waals surface area contributed by atoms with Crippen LogP contribution in [0.1, 0.15) is 34.3 Å². The van der Waals surface area contributed by atoms with E-state index in [1.807, 2.05) is 73.3 Å². The van der Waals surface area contributed by atoms with Crippen molar-refractivity contribution in [2.75, 3.05) is 18.4 Å². The second-order valence-corrected chi connectivity index (χ2v) is 9.21. The zero-order valence-corrected chi connectivity index (χ0v) is 20.0. The number of carbonyl (C=O) groups is 2. The number of rotatable bonds is 4. The number of hydrogen-bond donors (Lipinski definition) is 1. The van der Waals surface area contributed by atoms with E-state index in [9.17, 15) is 9.59 Å². The number of hydrogen-bond acceptors (Lipinski definition) is 4. The predicted octanol–water partition coefficient (Wildman–Crippen LogP) is 5.40. The van der Waals surface area contributed by atoms with E-state index >= 15 is 0 Å². The lowest BCUT2D eigenvalue weighted by molar-refractivity contribution is -0.121. The van der Waals surface area contributed by atoms with Crippen molar-refractivity contribution in [1.29, 1.82) is 0 Å². The maximum atomic E-state index is 13.6. The molecule has 5 rings (SSSR count).